The molecule has 0 saturated carbocycles. The van der Waals surface area contributed by atoms with Crippen molar-refractivity contribution in [2.75, 3.05) is 33.9 Å². The molecule has 5 nitrogen and oxygen atoms in total. The third kappa shape index (κ3) is 8.73. The molecule has 0 atom stereocenters. The van der Waals surface area contributed by atoms with Gasteiger partial charge in [-0.3, -0.25) is 0 Å². The summed E-state index contributed by atoms with van der Waals surface area (Å²) in [6.45, 7) is 0.163. The average Bonchev–Trinajstić information content (AvgIpc) is 2.52. The van der Waals surface area contributed by atoms with Crippen LogP contribution in [0.25, 0.3) is 0 Å². The van der Waals surface area contributed by atoms with Crippen molar-refractivity contribution in [3.8, 4) is 0 Å². The first kappa shape index (κ1) is 20.2. The largest absolute Gasteiger partial charge is 0.411 e. The topological polar surface area (TPSA) is 50.8 Å². The van der Waals surface area contributed by atoms with Gasteiger partial charge in [-0.15, -0.1) is 0 Å². The van der Waals surface area contributed by atoms with Crippen LogP contribution in [-0.2, 0) is 22.6 Å². The van der Waals surface area contributed by atoms with Crippen molar-refractivity contribution >= 4 is 6.03 Å². The van der Waals surface area contributed by atoms with Crippen LogP contribution in [-0.4, -0.2) is 51.0 Å². The Bertz CT molecular complexity index is 492. The van der Waals surface area contributed by atoms with E-state index in [4.69, 9.17) is 4.74 Å². The van der Waals surface area contributed by atoms with Gasteiger partial charge in [0.1, 0.15) is 6.61 Å². The smallest absolute Gasteiger partial charge is 0.385 e. The summed E-state index contributed by atoms with van der Waals surface area (Å²) in [7, 11) is 3.31. The first-order chi connectivity index (χ1) is 11.3. The number of nitrogens with zero attached hydrogens (tertiary/aromatic N) is 1. The molecular formula is C16H23F3N2O3. The zero-order valence-electron chi connectivity index (χ0n) is 13.9. The van der Waals surface area contributed by atoms with E-state index < -0.39 is 12.8 Å². The van der Waals surface area contributed by atoms with E-state index in [2.05, 4.69) is 10.1 Å². The first-order valence-electron chi connectivity index (χ1n) is 7.52. The summed E-state index contributed by atoms with van der Waals surface area (Å²) in [5.41, 5.74) is 1.50. The van der Waals surface area contributed by atoms with Crippen LogP contribution in [0.5, 0.6) is 0 Å². The maximum Gasteiger partial charge on any atom is 0.411 e. The van der Waals surface area contributed by atoms with Crippen molar-refractivity contribution in [3.63, 3.8) is 0 Å². The number of alkyl halides is 3. The number of carbonyl (C=O) groups excluding carboxylic acids is 1. The highest BCUT2D eigenvalue weighted by Crippen LogP contribution is 2.15. The number of hydrogen-bond acceptors (Lipinski definition) is 3. The number of rotatable bonds is 9. The Morgan fingerprint density at radius 1 is 1.21 bits per heavy atom. The predicted octanol–water partition coefficient (Wildman–Crippen LogP) is 2.94. The van der Waals surface area contributed by atoms with Gasteiger partial charge in [-0.25, -0.2) is 4.79 Å². The minimum absolute atomic E-state index is 0.103. The average molecular weight is 348 g/mol. The van der Waals surface area contributed by atoms with Gasteiger partial charge in [-0.05, 0) is 17.5 Å². The van der Waals surface area contributed by atoms with Crippen molar-refractivity contribution in [2.24, 2.45) is 0 Å². The van der Waals surface area contributed by atoms with Gasteiger partial charge >= 0.3 is 12.2 Å². The van der Waals surface area contributed by atoms with E-state index in [0.29, 0.717) is 25.3 Å². The van der Waals surface area contributed by atoms with Crippen LogP contribution in [0.3, 0.4) is 0 Å². The predicted molar refractivity (Wildman–Crippen MR) is 83.5 cm³/mol. The van der Waals surface area contributed by atoms with Gasteiger partial charge in [-0.2, -0.15) is 13.2 Å². The van der Waals surface area contributed by atoms with E-state index in [1.807, 2.05) is 0 Å². The second-order valence-corrected chi connectivity index (χ2v) is 5.35. The van der Waals surface area contributed by atoms with E-state index in [9.17, 15) is 18.0 Å². The van der Waals surface area contributed by atoms with E-state index in [1.54, 1.807) is 43.3 Å². The minimum atomic E-state index is -4.32. The summed E-state index contributed by atoms with van der Waals surface area (Å²) in [5, 5.41) is 2.77. The molecule has 24 heavy (non-hydrogen) atoms. The number of methoxy groups -OCH3 is 1. The number of nitrogens with one attached hydrogen (secondary N) is 1. The molecule has 1 aromatic rings. The van der Waals surface area contributed by atoms with Crippen molar-refractivity contribution in [2.45, 2.75) is 25.7 Å². The summed E-state index contributed by atoms with van der Waals surface area (Å²) in [6.07, 6.45) is -3.56. The van der Waals surface area contributed by atoms with Crippen LogP contribution in [0.2, 0.25) is 0 Å². The number of carbonyl (C=O) groups is 1. The minimum Gasteiger partial charge on any atom is -0.385 e. The highest BCUT2D eigenvalue weighted by atomic mass is 19.4. The molecule has 1 aromatic carbocycles. The molecule has 0 heterocycles. The Balaban J connectivity index is 2.32. The number of halogens is 3. The van der Waals surface area contributed by atoms with Crippen molar-refractivity contribution in [1.82, 2.24) is 10.2 Å². The van der Waals surface area contributed by atoms with Crippen LogP contribution < -0.4 is 5.32 Å². The van der Waals surface area contributed by atoms with Crippen molar-refractivity contribution in [3.05, 3.63) is 35.4 Å². The summed E-state index contributed by atoms with van der Waals surface area (Å²) >= 11 is 0. The lowest BCUT2D eigenvalue weighted by atomic mass is 10.1. The van der Waals surface area contributed by atoms with E-state index in [0.717, 1.165) is 12.0 Å². The molecule has 8 heteroatoms. The molecule has 136 valence electrons. The monoisotopic (exact) mass is 348 g/mol. The standard InChI is InChI=1S/C16H23F3N2O3/c1-21(8-3-9-23-2)15(22)20-10-13-4-6-14(7-5-13)11-24-12-16(17,18)19/h4-7H,3,8-12H2,1-2H3,(H,20,22). The van der Waals surface area contributed by atoms with Gasteiger partial charge in [0, 0.05) is 33.9 Å². The number of hydrogen-bond donors (Lipinski definition) is 1. The van der Waals surface area contributed by atoms with E-state index >= 15 is 0 Å². The summed E-state index contributed by atoms with van der Waals surface area (Å²) in [5.74, 6) is 0. The fraction of sp³-hybridized carbons (Fsp3) is 0.562. The lowest BCUT2D eigenvalue weighted by Gasteiger charge is -2.17. The van der Waals surface area contributed by atoms with Crippen LogP contribution in [0.15, 0.2) is 24.3 Å². The molecule has 0 bridgehead atoms. The molecule has 1 N–H and O–H groups in total. The Morgan fingerprint density at radius 3 is 2.42 bits per heavy atom. The molecule has 0 aliphatic rings. The molecule has 0 unspecified atom stereocenters. The highest BCUT2D eigenvalue weighted by molar-refractivity contribution is 5.73. The van der Waals surface area contributed by atoms with Crippen LogP contribution in [0.1, 0.15) is 17.5 Å². The van der Waals surface area contributed by atoms with Gasteiger partial charge in [0.15, 0.2) is 0 Å². The lowest BCUT2D eigenvalue weighted by Crippen LogP contribution is -2.37. The molecular weight excluding hydrogens is 325 g/mol. The second-order valence-electron chi connectivity index (χ2n) is 5.35. The molecule has 0 aliphatic heterocycles. The Labute approximate surface area is 139 Å². The molecule has 0 radical (unpaired) electrons. The molecule has 0 spiro atoms. The second kappa shape index (κ2) is 10.1. The molecule has 0 aromatic heterocycles. The zero-order valence-corrected chi connectivity index (χ0v) is 13.9. The van der Waals surface area contributed by atoms with E-state index in [-0.39, 0.29) is 12.6 Å². The highest BCUT2D eigenvalue weighted by Gasteiger charge is 2.27. The fourth-order valence-electron chi connectivity index (χ4n) is 1.90. The quantitative estimate of drug-likeness (QED) is 0.698. The normalized spacial score (nSPS) is 11.4. The zero-order chi connectivity index (χ0) is 18.0. The van der Waals surface area contributed by atoms with Gasteiger partial charge in [0.2, 0.25) is 0 Å². The number of benzene rings is 1. The molecule has 0 aliphatic carbocycles. The first-order valence-corrected chi connectivity index (χ1v) is 7.52. The Morgan fingerprint density at radius 2 is 1.83 bits per heavy atom. The number of amides is 2. The van der Waals surface area contributed by atoms with Gasteiger partial charge in [0.25, 0.3) is 0 Å². The number of urea groups is 1. The maximum atomic E-state index is 12.0. The van der Waals surface area contributed by atoms with Gasteiger partial charge in [-0.1, -0.05) is 24.3 Å². The van der Waals surface area contributed by atoms with Gasteiger partial charge < -0.3 is 19.7 Å². The third-order valence-electron chi connectivity index (χ3n) is 3.19. The van der Waals surface area contributed by atoms with Crippen LogP contribution >= 0.6 is 0 Å². The van der Waals surface area contributed by atoms with E-state index in [1.165, 1.54) is 0 Å². The third-order valence-corrected chi connectivity index (χ3v) is 3.19. The SMILES string of the molecule is COCCCN(C)C(=O)NCc1ccc(COCC(F)(F)F)cc1. The van der Waals surface area contributed by atoms with Crippen molar-refractivity contribution < 1.29 is 27.4 Å². The molecule has 0 saturated heterocycles. The van der Waals surface area contributed by atoms with Crippen LogP contribution in [0, 0.1) is 0 Å². The van der Waals surface area contributed by atoms with Crippen LogP contribution in [0.4, 0.5) is 18.0 Å². The fourth-order valence-corrected chi connectivity index (χ4v) is 1.90. The maximum absolute atomic E-state index is 12.0. The Hall–Kier alpha value is -1.80. The Kier molecular flexibility index (Phi) is 8.56. The summed E-state index contributed by atoms with van der Waals surface area (Å²) in [4.78, 5) is 13.4. The summed E-state index contributed by atoms with van der Waals surface area (Å²) in [6, 6.07) is 6.67. The molecule has 0 fully saturated rings. The van der Waals surface area contributed by atoms with Gasteiger partial charge in [0.05, 0.1) is 6.61 Å². The summed E-state index contributed by atoms with van der Waals surface area (Å²) < 4.78 is 45.5. The molecule has 2 amide bonds. The molecule has 1 rings (SSSR count). The lowest BCUT2D eigenvalue weighted by molar-refractivity contribution is -0.176. The van der Waals surface area contributed by atoms with Crippen molar-refractivity contribution in [1.29, 1.82) is 0 Å². The number of ether oxygens (including phenoxy) is 2.